The molecule has 1 aromatic carbocycles. The molecule has 0 radical (unpaired) electrons. The van der Waals surface area contributed by atoms with E-state index in [1.54, 1.807) is 31.4 Å². The third-order valence-electron chi connectivity index (χ3n) is 3.93. The Hall–Kier alpha value is -1.30. The summed E-state index contributed by atoms with van der Waals surface area (Å²) in [6.45, 7) is 3.59. The molecule has 0 atom stereocenters. The van der Waals surface area contributed by atoms with Crippen molar-refractivity contribution in [1.82, 2.24) is 4.90 Å². The molecular weight excluding hydrogens is 318 g/mol. The maximum Gasteiger partial charge on any atom is 0.260 e. The SMILES string of the molecule is COCCOCC1CCN(C(=O)COc2ccc(Cl)cc2)CC1. The number of nitrogens with zero attached hydrogens (tertiary/aromatic N) is 1. The normalized spacial score (nSPS) is 15.7. The predicted octanol–water partition coefficient (Wildman–Crippen LogP) is 2.62. The lowest BCUT2D eigenvalue weighted by Crippen LogP contribution is -2.41. The first kappa shape index (κ1) is 18.0. The Morgan fingerprint density at radius 3 is 2.57 bits per heavy atom. The fourth-order valence-electron chi connectivity index (χ4n) is 2.51. The van der Waals surface area contributed by atoms with Gasteiger partial charge in [-0.05, 0) is 43.0 Å². The average Bonchev–Trinajstić information content (AvgIpc) is 2.58. The van der Waals surface area contributed by atoms with Crippen molar-refractivity contribution < 1.29 is 19.0 Å². The average molecular weight is 342 g/mol. The van der Waals surface area contributed by atoms with Gasteiger partial charge in [-0.3, -0.25) is 4.79 Å². The minimum Gasteiger partial charge on any atom is -0.484 e. The van der Waals surface area contributed by atoms with E-state index < -0.39 is 0 Å². The van der Waals surface area contributed by atoms with Crippen LogP contribution in [0.15, 0.2) is 24.3 Å². The molecule has 0 unspecified atom stereocenters. The summed E-state index contributed by atoms with van der Waals surface area (Å²) in [4.78, 5) is 14.0. The van der Waals surface area contributed by atoms with Gasteiger partial charge in [0.25, 0.3) is 5.91 Å². The second kappa shape index (κ2) is 9.75. The number of hydrogen-bond acceptors (Lipinski definition) is 4. The summed E-state index contributed by atoms with van der Waals surface area (Å²) in [5, 5.41) is 0.651. The fourth-order valence-corrected chi connectivity index (χ4v) is 2.63. The standard InChI is InChI=1S/C17H24ClNO4/c1-21-10-11-22-12-14-6-8-19(9-7-14)17(20)13-23-16-4-2-15(18)3-5-16/h2-5,14H,6-13H2,1H3. The number of hydrogen-bond donors (Lipinski definition) is 0. The van der Waals surface area contributed by atoms with Crippen LogP contribution < -0.4 is 4.74 Å². The molecule has 23 heavy (non-hydrogen) atoms. The Balaban J connectivity index is 1.64. The van der Waals surface area contributed by atoms with Gasteiger partial charge in [0.05, 0.1) is 13.2 Å². The maximum atomic E-state index is 12.2. The van der Waals surface area contributed by atoms with Crippen LogP contribution in [0.25, 0.3) is 0 Å². The Bertz CT molecular complexity index is 472. The lowest BCUT2D eigenvalue weighted by molar-refractivity contribution is -0.135. The lowest BCUT2D eigenvalue weighted by Gasteiger charge is -2.31. The van der Waals surface area contributed by atoms with E-state index in [-0.39, 0.29) is 12.5 Å². The first-order chi connectivity index (χ1) is 11.2. The third kappa shape index (κ3) is 6.37. The van der Waals surface area contributed by atoms with Gasteiger partial charge in [0.2, 0.25) is 0 Å². The number of carbonyl (C=O) groups is 1. The van der Waals surface area contributed by atoms with Crippen LogP contribution in [-0.2, 0) is 14.3 Å². The van der Waals surface area contributed by atoms with Gasteiger partial charge in [-0.15, -0.1) is 0 Å². The Morgan fingerprint density at radius 2 is 1.91 bits per heavy atom. The van der Waals surface area contributed by atoms with Crippen LogP contribution in [0, 0.1) is 5.92 Å². The number of benzene rings is 1. The number of rotatable bonds is 8. The van der Waals surface area contributed by atoms with Gasteiger partial charge >= 0.3 is 0 Å². The molecule has 0 spiro atoms. The number of amides is 1. The molecule has 1 aromatic rings. The van der Waals surface area contributed by atoms with Crippen molar-refractivity contribution in [2.24, 2.45) is 5.92 Å². The highest BCUT2D eigenvalue weighted by Crippen LogP contribution is 2.19. The first-order valence-corrected chi connectivity index (χ1v) is 8.29. The highest BCUT2D eigenvalue weighted by molar-refractivity contribution is 6.30. The van der Waals surface area contributed by atoms with E-state index in [1.807, 2.05) is 4.90 Å². The van der Waals surface area contributed by atoms with E-state index in [2.05, 4.69) is 0 Å². The molecule has 1 aliphatic rings. The minimum absolute atomic E-state index is 0.0266. The summed E-state index contributed by atoms with van der Waals surface area (Å²) in [6.07, 6.45) is 1.94. The number of halogens is 1. The molecule has 1 amide bonds. The molecule has 2 rings (SSSR count). The molecule has 6 heteroatoms. The molecule has 0 saturated carbocycles. The molecule has 1 fully saturated rings. The topological polar surface area (TPSA) is 48.0 Å². The maximum absolute atomic E-state index is 12.2. The van der Waals surface area contributed by atoms with Gasteiger partial charge < -0.3 is 19.1 Å². The van der Waals surface area contributed by atoms with Crippen LogP contribution in [0.4, 0.5) is 0 Å². The van der Waals surface area contributed by atoms with Gasteiger partial charge in [-0.25, -0.2) is 0 Å². The second-order valence-electron chi connectivity index (χ2n) is 5.63. The monoisotopic (exact) mass is 341 g/mol. The molecule has 0 N–H and O–H groups in total. The van der Waals surface area contributed by atoms with Gasteiger partial charge in [0, 0.05) is 31.8 Å². The third-order valence-corrected chi connectivity index (χ3v) is 4.18. The highest BCUT2D eigenvalue weighted by atomic mass is 35.5. The van der Waals surface area contributed by atoms with Crippen molar-refractivity contribution in [1.29, 1.82) is 0 Å². The summed E-state index contributed by atoms with van der Waals surface area (Å²) in [7, 11) is 1.67. The number of methoxy groups -OCH3 is 1. The zero-order valence-corrected chi connectivity index (χ0v) is 14.3. The Morgan fingerprint density at radius 1 is 1.22 bits per heavy atom. The lowest BCUT2D eigenvalue weighted by atomic mass is 9.98. The summed E-state index contributed by atoms with van der Waals surface area (Å²) in [5.41, 5.74) is 0. The van der Waals surface area contributed by atoms with Crippen LogP contribution in [0.3, 0.4) is 0 Å². The van der Waals surface area contributed by atoms with Crippen molar-refractivity contribution in [2.75, 3.05) is 46.6 Å². The number of carbonyl (C=O) groups excluding carboxylic acids is 1. The van der Waals surface area contributed by atoms with E-state index in [0.29, 0.717) is 29.9 Å². The van der Waals surface area contributed by atoms with Crippen molar-refractivity contribution in [3.63, 3.8) is 0 Å². The summed E-state index contributed by atoms with van der Waals surface area (Å²) >= 11 is 5.82. The second-order valence-corrected chi connectivity index (χ2v) is 6.07. The van der Waals surface area contributed by atoms with E-state index in [4.69, 9.17) is 25.8 Å². The van der Waals surface area contributed by atoms with Crippen LogP contribution >= 0.6 is 11.6 Å². The van der Waals surface area contributed by atoms with Gasteiger partial charge in [0.15, 0.2) is 6.61 Å². The molecule has 0 bridgehead atoms. The fraction of sp³-hybridized carbons (Fsp3) is 0.588. The largest absolute Gasteiger partial charge is 0.484 e. The molecule has 0 aliphatic carbocycles. The molecule has 5 nitrogen and oxygen atoms in total. The van der Waals surface area contributed by atoms with E-state index >= 15 is 0 Å². The zero-order chi connectivity index (χ0) is 16.5. The van der Waals surface area contributed by atoms with Crippen LogP contribution in [0.2, 0.25) is 5.02 Å². The summed E-state index contributed by atoms with van der Waals surface area (Å²) < 4.78 is 16.0. The van der Waals surface area contributed by atoms with Crippen molar-refractivity contribution in [3.8, 4) is 5.75 Å². The van der Waals surface area contributed by atoms with Crippen molar-refractivity contribution in [3.05, 3.63) is 29.3 Å². The highest BCUT2D eigenvalue weighted by Gasteiger charge is 2.23. The smallest absolute Gasteiger partial charge is 0.260 e. The molecule has 1 aliphatic heterocycles. The number of piperidine rings is 1. The quantitative estimate of drug-likeness (QED) is 0.682. The molecule has 1 heterocycles. The van der Waals surface area contributed by atoms with Crippen LogP contribution in [0.1, 0.15) is 12.8 Å². The zero-order valence-electron chi connectivity index (χ0n) is 13.5. The molecule has 1 saturated heterocycles. The number of likely N-dealkylation sites (tertiary alicyclic amines) is 1. The minimum atomic E-state index is 0.0266. The number of ether oxygens (including phenoxy) is 3. The van der Waals surface area contributed by atoms with Gasteiger partial charge in [-0.2, -0.15) is 0 Å². The summed E-state index contributed by atoms with van der Waals surface area (Å²) in [5.74, 6) is 1.20. The molecule has 0 aromatic heterocycles. The van der Waals surface area contributed by atoms with E-state index in [1.165, 1.54) is 0 Å². The van der Waals surface area contributed by atoms with Crippen molar-refractivity contribution in [2.45, 2.75) is 12.8 Å². The Kier molecular flexibility index (Phi) is 7.65. The molecular formula is C17H24ClNO4. The first-order valence-electron chi connectivity index (χ1n) is 7.92. The van der Waals surface area contributed by atoms with Gasteiger partial charge in [-0.1, -0.05) is 11.6 Å². The van der Waals surface area contributed by atoms with Crippen LogP contribution in [-0.4, -0.2) is 57.4 Å². The van der Waals surface area contributed by atoms with E-state index in [0.717, 1.165) is 32.5 Å². The Labute approximate surface area is 142 Å². The predicted molar refractivity (Wildman–Crippen MR) is 88.9 cm³/mol. The van der Waals surface area contributed by atoms with Gasteiger partial charge in [0.1, 0.15) is 5.75 Å². The van der Waals surface area contributed by atoms with Crippen LogP contribution in [0.5, 0.6) is 5.75 Å². The van der Waals surface area contributed by atoms with Crippen molar-refractivity contribution >= 4 is 17.5 Å². The van der Waals surface area contributed by atoms with E-state index in [9.17, 15) is 4.79 Å². The molecule has 128 valence electrons. The summed E-state index contributed by atoms with van der Waals surface area (Å²) in [6, 6.07) is 7.02.